The molecule has 1 fully saturated rings. The first-order valence-corrected chi connectivity index (χ1v) is 12.6. The molecule has 8 nitrogen and oxygen atoms in total. The summed E-state index contributed by atoms with van der Waals surface area (Å²) in [5, 5.41) is 6.85. The second kappa shape index (κ2) is 9.35. The van der Waals surface area contributed by atoms with E-state index in [9.17, 15) is 13.2 Å². The molecule has 9 heteroatoms. The topological polar surface area (TPSA) is 114 Å². The maximum Gasteiger partial charge on any atom is 0.261 e. The Labute approximate surface area is 193 Å². The Hall–Kier alpha value is -3.20. The normalized spacial score (nSPS) is 14.6. The Bertz CT molecular complexity index is 1230. The molecule has 3 aromatic rings. The smallest absolute Gasteiger partial charge is 0.261 e. The summed E-state index contributed by atoms with van der Waals surface area (Å²) >= 11 is 0. The van der Waals surface area contributed by atoms with Crippen LogP contribution in [0.25, 0.3) is 11.4 Å². The zero-order valence-electron chi connectivity index (χ0n) is 18.8. The van der Waals surface area contributed by atoms with Crippen molar-refractivity contribution in [2.24, 2.45) is 5.41 Å². The van der Waals surface area contributed by atoms with Crippen LogP contribution >= 0.6 is 0 Å². The molecular formula is C24H28N4O4S. The summed E-state index contributed by atoms with van der Waals surface area (Å²) in [5.74, 6) is 0.971. The fraction of sp³-hybridized carbons (Fsp3) is 0.375. The van der Waals surface area contributed by atoms with E-state index >= 15 is 0 Å². The first-order valence-electron chi connectivity index (χ1n) is 11.2. The Morgan fingerprint density at radius 2 is 1.82 bits per heavy atom. The van der Waals surface area contributed by atoms with Crippen LogP contribution in [0.5, 0.6) is 0 Å². The van der Waals surface area contributed by atoms with Crippen molar-refractivity contribution in [2.75, 3.05) is 10.0 Å². The molecule has 0 atom stereocenters. The molecule has 0 radical (unpaired) electrons. The van der Waals surface area contributed by atoms with Gasteiger partial charge in [0.05, 0.1) is 10.6 Å². The fourth-order valence-corrected chi connectivity index (χ4v) is 4.40. The summed E-state index contributed by atoms with van der Waals surface area (Å²) in [6.07, 6.45) is 5.67. The van der Waals surface area contributed by atoms with Crippen LogP contribution in [-0.4, -0.2) is 24.5 Å². The van der Waals surface area contributed by atoms with Gasteiger partial charge in [0.15, 0.2) is 0 Å². The van der Waals surface area contributed by atoms with Gasteiger partial charge >= 0.3 is 0 Å². The first kappa shape index (κ1) is 23.0. The molecule has 1 aliphatic rings. The Morgan fingerprint density at radius 1 is 1.09 bits per heavy atom. The van der Waals surface area contributed by atoms with E-state index in [-0.39, 0.29) is 16.2 Å². The minimum absolute atomic E-state index is 0.0481. The number of nitrogens with zero attached hydrogens (tertiary/aromatic N) is 2. The number of aryl methyl sites for hydroxylation is 1. The van der Waals surface area contributed by atoms with Crippen molar-refractivity contribution in [3.63, 3.8) is 0 Å². The number of hydrogen-bond acceptors (Lipinski definition) is 6. The number of rotatable bonds is 10. The van der Waals surface area contributed by atoms with E-state index < -0.39 is 10.0 Å². The molecular weight excluding hydrogens is 440 g/mol. The van der Waals surface area contributed by atoms with Gasteiger partial charge in [0.1, 0.15) is 0 Å². The number of aromatic nitrogens is 2. The van der Waals surface area contributed by atoms with Crippen molar-refractivity contribution in [3.8, 4) is 11.4 Å². The number of benzene rings is 2. The maximum absolute atomic E-state index is 12.9. The summed E-state index contributed by atoms with van der Waals surface area (Å²) in [5.41, 5.74) is 1.28. The number of carbonyl (C=O) groups is 1. The summed E-state index contributed by atoms with van der Waals surface area (Å²) in [6.45, 7) is 4.05. The predicted octanol–water partition coefficient (Wildman–Crippen LogP) is 5.01. The first-order chi connectivity index (χ1) is 15.8. The minimum atomic E-state index is -3.81. The number of carbonyl (C=O) groups excluding carboxylic acids is 1. The predicted molar refractivity (Wildman–Crippen MR) is 126 cm³/mol. The minimum Gasteiger partial charge on any atom is -0.339 e. The van der Waals surface area contributed by atoms with Gasteiger partial charge in [-0.05, 0) is 61.7 Å². The molecule has 1 heterocycles. The van der Waals surface area contributed by atoms with Gasteiger partial charge < -0.3 is 9.84 Å². The number of unbranched alkanes of at least 4 members (excludes halogenated alkanes) is 2. The highest BCUT2D eigenvalue weighted by atomic mass is 32.2. The second-order valence-corrected chi connectivity index (χ2v) is 10.4. The summed E-state index contributed by atoms with van der Waals surface area (Å²) in [7, 11) is -3.81. The van der Waals surface area contributed by atoms with Crippen molar-refractivity contribution in [1.82, 2.24) is 10.1 Å². The number of hydrogen-bond donors (Lipinski definition) is 2. The molecule has 0 saturated heterocycles. The molecule has 1 aliphatic carbocycles. The Balaban J connectivity index is 1.42. The molecule has 0 spiro atoms. The van der Waals surface area contributed by atoms with Gasteiger partial charge in [-0.2, -0.15) is 4.98 Å². The SMILES string of the molecule is CCCCCc1nc(-c2ccc(S(=O)(=O)Nc3cccc(NC(=O)C4(C)CC4)c3)cc2)no1. The molecule has 1 aromatic heterocycles. The summed E-state index contributed by atoms with van der Waals surface area (Å²) in [6, 6.07) is 13.0. The van der Waals surface area contributed by atoms with E-state index in [1.54, 1.807) is 36.4 Å². The molecule has 2 aromatic carbocycles. The highest BCUT2D eigenvalue weighted by molar-refractivity contribution is 7.92. The average Bonchev–Trinajstić information content (AvgIpc) is 3.37. The van der Waals surface area contributed by atoms with Gasteiger partial charge in [-0.25, -0.2) is 8.42 Å². The average molecular weight is 469 g/mol. The van der Waals surface area contributed by atoms with Crippen LogP contribution in [0.3, 0.4) is 0 Å². The molecule has 174 valence electrons. The van der Waals surface area contributed by atoms with E-state index in [2.05, 4.69) is 27.1 Å². The third-order valence-electron chi connectivity index (χ3n) is 5.81. The number of sulfonamides is 1. The van der Waals surface area contributed by atoms with E-state index in [1.165, 1.54) is 12.1 Å². The highest BCUT2D eigenvalue weighted by Crippen LogP contribution is 2.45. The monoisotopic (exact) mass is 468 g/mol. The van der Waals surface area contributed by atoms with Gasteiger partial charge in [0, 0.05) is 23.1 Å². The lowest BCUT2D eigenvalue weighted by Gasteiger charge is -2.12. The zero-order valence-corrected chi connectivity index (χ0v) is 19.6. The quantitative estimate of drug-likeness (QED) is 0.404. The van der Waals surface area contributed by atoms with Crippen LogP contribution in [0.4, 0.5) is 11.4 Å². The lowest BCUT2D eigenvalue weighted by molar-refractivity contribution is -0.120. The van der Waals surface area contributed by atoms with Crippen molar-refractivity contribution >= 4 is 27.3 Å². The van der Waals surface area contributed by atoms with Crippen LogP contribution in [-0.2, 0) is 21.2 Å². The second-order valence-electron chi connectivity index (χ2n) is 8.69. The van der Waals surface area contributed by atoms with Crippen molar-refractivity contribution in [3.05, 3.63) is 54.4 Å². The third kappa shape index (κ3) is 5.60. The third-order valence-corrected chi connectivity index (χ3v) is 7.20. The Morgan fingerprint density at radius 3 is 2.52 bits per heavy atom. The number of amides is 1. The molecule has 0 bridgehead atoms. The molecule has 1 amide bonds. The summed E-state index contributed by atoms with van der Waals surface area (Å²) in [4.78, 5) is 16.8. The highest BCUT2D eigenvalue weighted by Gasteiger charge is 2.44. The van der Waals surface area contributed by atoms with Crippen LogP contribution < -0.4 is 10.0 Å². The van der Waals surface area contributed by atoms with E-state index in [0.717, 1.165) is 38.5 Å². The lowest BCUT2D eigenvalue weighted by Crippen LogP contribution is -2.21. The van der Waals surface area contributed by atoms with E-state index in [1.807, 2.05) is 6.92 Å². The largest absolute Gasteiger partial charge is 0.339 e. The van der Waals surface area contributed by atoms with Crippen LogP contribution in [0.15, 0.2) is 57.9 Å². The van der Waals surface area contributed by atoms with Gasteiger partial charge in [-0.15, -0.1) is 0 Å². The fourth-order valence-electron chi connectivity index (χ4n) is 3.35. The van der Waals surface area contributed by atoms with Crippen LogP contribution in [0, 0.1) is 5.41 Å². The van der Waals surface area contributed by atoms with Gasteiger partial charge in [0.25, 0.3) is 10.0 Å². The molecule has 4 rings (SSSR count). The standard InChI is InChI=1S/C24H28N4O4S/c1-3-4-5-9-21-26-22(27-32-21)17-10-12-20(13-11-17)33(30,31)28-19-8-6-7-18(16-19)25-23(29)24(2)14-15-24/h6-8,10-13,16,28H,3-5,9,14-15H2,1-2H3,(H,25,29). The van der Waals surface area contributed by atoms with Crippen molar-refractivity contribution < 1.29 is 17.7 Å². The summed E-state index contributed by atoms with van der Waals surface area (Å²) < 4.78 is 33.6. The number of nitrogens with one attached hydrogen (secondary N) is 2. The van der Waals surface area contributed by atoms with Crippen LogP contribution in [0.2, 0.25) is 0 Å². The van der Waals surface area contributed by atoms with Gasteiger partial charge in [-0.3, -0.25) is 9.52 Å². The molecule has 0 aliphatic heterocycles. The molecule has 0 unspecified atom stereocenters. The Kier molecular flexibility index (Phi) is 6.51. The number of anilines is 2. The van der Waals surface area contributed by atoms with Gasteiger partial charge in [0.2, 0.25) is 17.6 Å². The zero-order chi connectivity index (χ0) is 23.5. The molecule has 1 saturated carbocycles. The van der Waals surface area contributed by atoms with Crippen molar-refractivity contribution in [1.29, 1.82) is 0 Å². The van der Waals surface area contributed by atoms with E-state index in [4.69, 9.17) is 4.52 Å². The van der Waals surface area contributed by atoms with Crippen molar-refractivity contribution in [2.45, 2.75) is 57.3 Å². The van der Waals surface area contributed by atoms with E-state index in [0.29, 0.717) is 28.7 Å². The van der Waals surface area contributed by atoms with Crippen LogP contribution in [0.1, 0.15) is 51.8 Å². The lowest BCUT2D eigenvalue weighted by atomic mass is 10.1. The molecule has 33 heavy (non-hydrogen) atoms. The molecule has 2 N–H and O–H groups in total. The van der Waals surface area contributed by atoms with Gasteiger partial charge in [-0.1, -0.05) is 37.9 Å². The maximum atomic E-state index is 12.9.